The van der Waals surface area contributed by atoms with Crippen LogP contribution in [-0.4, -0.2) is 67.7 Å². The average Bonchev–Trinajstić information content (AvgIpc) is 2.75. The molecule has 3 rings (SSSR count). The zero-order valence-electron chi connectivity index (χ0n) is 15.8. The lowest BCUT2D eigenvalue weighted by molar-refractivity contribution is -0.385. The van der Waals surface area contributed by atoms with E-state index in [1.165, 1.54) is 18.1 Å². The van der Waals surface area contributed by atoms with E-state index in [4.69, 9.17) is 18.9 Å². The second-order valence-corrected chi connectivity index (χ2v) is 6.52. The Labute approximate surface area is 165 Å². The molecule has 1 saturated heterocycles. The van der Waals surface area contributed by atoms with Gasteiger partial charge in [-0.2, -0.15) is 0 Å². The smallest absolute Gasteiger partial charge is 0.345 e. The van der Waals surface area contributed by atoms with Crippen LogP contribution in [0.4, 0.5) is 5.69 Å². The van der Waals surface area contributed by atoms with E-state index in [9.17, 15) is 24.5 Å². The van der Waals surface area contributed by atoms with Gasteiger partial charge in [-0.05, 0) is 12.8 Å². The van der Waals surface area contributed by atoms with Gasteiger partial charge in [0.15, 0.2) is 18.1 Å². The highest BCUT2D eigenvalue weighted by Gasteiger charge is 2.30. The lowest BCUT2D eigenvalue weighted by Gasteiger charge is -2.30. The number of ether oxygens (including phenoxy) is 4. The van der Waals surface area contributed by atoms with Crippen molar-refractivity contribution in [1.82, 2.24) is 4.90 Å². The molecule has 11 nitrogen and oxygen atoms in total. The molecule has 0 spiro atoms. The van der Waals surface area contributed by atoms with Crippen molar-refractivity contribution in [2.45, 2.75) is 12.8 Å². The molecule has 1 amide bonds. The van der Waals surface area contributed by atoms with Crippen LogP contribution in [0, 0.1) is 16.0 Å². The van der Waals surface area contributed by atoms with E-state index in [2.05, 4.69) is 0 Å². The fourth-order valence-electron chi connectivity index (χ4n) is 3.22. The minimum absolute atomic E-state index is 0.170. The maximum Gasteiger partial charge on any atom is 0.345 e. The van der Waals surface area contributed by atoms with E-state index in [0.29, 0.717) is 25.9 Å². The molecule has 156 valence electrons. The van der Waals surface area contributed by atoms with Gasteiger partial charge in [0.05, 0.1) is 24.0 Å². The van der Waals surface area contributed by atoms with Gasteiger partial charge in [0, 0.05) is 19.2 Å². The fraction of sp³-hybridized carbons (Fsp3) is 0.500. The molecule has 0 aromatic heterocycles. The summed E-state index contributed by atoms with van der Waals surface area (Å²) in [6, 6.07) is 2.28. The van der Waals surface area contributed by atoms with Crippen molar-refractivity contribution < 1.29 is 38.3 Å². The van der Waals surface area contributed by atoms with Crippen molar-refractivity contribution in [2.75, 3.05) is 40.0 Å². The van der Waals surface area contributed by atoms with Crippen LogP contribution in [0.1, 0.15) is 23.2 Å². The number of hydrogen-bond acceptors (Lipinski definition) is 9. The van der Waals surface area contributed by atoms with E-state index in [-0.39, 0.29) is 42.2 Å². The summed E-state index contributed by atoms with van der Waals surface area (Å²) in [6.07, 6.45) is 0.917. The molecule has 2 aliphatic heterocycles. The predicted molar refractivity (Wildman–Crippen MR) is 95.7 cm³/mol. The van der Waals surface area contributed by atoms with Crippen molar-refractivity contribution in [3.63, 3.8) is 0 Å². The first-order chi connectivity index (χ1) is 13.9. The lowest BCUT2D eigenvalue weighted by atomic mass is 9.97. The summed E-state index contributed by atoms with van der Waals surface area (Å²) in [7, 11) is 1.32. The van der Waals surface area contributed by atoms with Crippen molar-refractivity contribution in [3.8, 4) is 11.5 Å². The molecule has 0 bridgehead atoms. The summed E-state index contributed by atoms with van der Waals surface area (Å²) in [6.45, 7) is 0.600. The van der Waals surface area contributed by atoms with Gasteiger partial charge >= 0.3 is 11.9 Å². The number of piperidine rings is 1. The largest absolute Gasteiger partial charge is 0.486 e. The number of hydrogen-bond donors (Lipinski definition) is 0. The van der Waals surface area contributed by atoms with E-state index in [0.717, 1.165) is 6.07 Å². The van der Waals surface area contributed by atoms with Gasteiger partial charge in [-0.1, -0.05) is 0 Å². The quantitative estimate of drug-likeness (QED) is 0.396. The Bertz CT molecular complexity index is 831. The molecule has 2 heterocycles. The summed E-state index contributed by atoms with van der Waals surface area (Å²) in [5.41, 5.74) is -0.818. The van der Waals surface area contributed by atoms with Crippen LogP contribution in [0.25, 0.3) is 0 Å². The Morgan fingerprint density at radius 1 is 1.17 bits per heavy atom. The van der Waals surface area contributed by atoms with Gasteiger partial charge < -0.3 is 23.8 Å². The highest BCUT2D eigenvalue weighted by atomic mass is 16.6. The second-order valence-electron chi connectivity index (χ2n) is 6.52. The van der Waals surface area contributed by atoms with Crippen molar-refractivity contribution in [1.29, 1.82) is 0 Å². The molecule has 29 heavy (non-hydrogen) atoms. The van der Waals surface area contributed by atoms with Crippen LogP contribution in [0.15, 0.2) is 12.1 Å². The van der Waals surface area contributed by atoms with E-state index in [1.54, 1.807) is 0 Å². The van der Waals surface area contributed by atoms with Gasteiger partial charge in [0.25, 0.3) is 11.6 Å². The summed E-state index contributed by atoms with van der Waals surface area (Å²) < 4.78 is 20.3. The molecule has 0 N–H and O–H groups in total. The van der Waals surface area contributed by atoms with Crippen molar-refractivity contribution >= 4 is 23.5 Å². The summed E-state index contributed by atoms with van der Waals surface area (Å²) in [4.78, 5) is 48.2. The van der Waals surface area contributed by atoms with Gasteiger partial charge in [-0.25, -0.2) is 4.79 Å². The Kier molecular flexibility index (Phi) is 6.15. The van der Waals surface area contributed by atoms with Crippen LogP contribution in [0.3, 0.4) is 0 Å². The van der Waals surface area contributed by atoms with E-state index >= 15 is 0 Å². The van der Waals surface area contributed by atoms with Crippen LogP contribution in [0.2, 0.25) is 0 Å². The standard InChI is InChI=1S/C18H20N2O9/c1-26-17(22)11-2-4-19(5-3-11)16(21)10-29-18(23)12-8-14-15(28-7-6-27-14)9-13(12)20(24)25/h8-9,11H,2-7,10H2,1H3. The molecule has 0 radical (unpaired) electrons. The van der Waals surface area contributed by atoms with Gasteiger partial charge in [0.2, 0.25) is 0 Å². The predicted octanol–water partition coefficient (Wildman–Crippen LogP) is 0.934. The Hall–Kier alpha value is -3.37. The van der Waals surface area contributed by atoms with Crippen LogP contribution in [-0.2, 0) is 19.1 Å². The highest BCUT2D eigenvalue weighted by Crippen LogP contribution is 2.36. The third kappa shape index (κ3) is 4.55. The van der Waals surface area contributed by atoms with Crippen LogP contribution >= 0.6 is 0 Å². The molecule has 11 heteroatoms. The zero-order chi connectivity index (χ0) is 21.0. The number of carbonyl (C=O) groups excluding carboxylic acids is 3. The number of benzene rings is 1. The second kappa shape index (κ2) is 8.76. The summed E-state index contributed by atoms with van der Waals surface area (Å²) >= 11 is 0. The molecule has 0 atom stereocenters. The fourth-order valence-corrected chi connectivity index (χ4v) is 3.22. The molecular formula is C18H20N2O9. The topological polar surface area (TPSA) is 135 Å². The zero-order valence-corrected chi connectivity index (χ0v) is 15.8. The molecule has 2 aliphatic rings. The third-order valence-corrected chi connectivity index (χ3v) is 4.79. The summed E-state index contributed by atoms with van der Waals surface area (Å²) in [5.74, 6) is -1.65. The normalized spacial score (nSPS) is 16.1. The van der Waals surface area contributed by atoms with Crippen molar-refractivity contribution in [2.24, 2.45) is 5.92 Å². The number of methoxy groups -OCH3 is 1. The molecular weight excluding hydrogens is 388 g/mol. The highest BCUT2D eigenvalue weighted by molar-refractivity contribution is 5.96. The number of nitro benzene ring substituents is 1. The Balaban J connectivity index is 1.61. The molecule has 0 aliphatic carbocycles. The number of nitrogens with zero attached hydrogens (tertiary/aromatic N) is 2. The molecule has 1 aromatic rings. The number of amides is 1. The number of esters is 2. The first-order valence-corrected chi connectivity index (χ1v) is 9.01. The maximum absolute atomic E-state index is 12.4. The van der Waals surface area contributed by atoms with E-state index in [1.807, 2.05) is 0 Å². The van der Waals surface area contributed by atoms with Gasteiger partial charge in [-0.3, -0.25) is 19.7 Å². The Morgan fingerprint density at radius 2 is 1.79 bits per heavy atom. The first-order valence-electron chi connectivity index (χ1n) is 9.01. The maximum atomic E-state index is 12.4. The first kappa shape index (κ1) is 20.4. The molecule has 1 fully saturated rings. The Morgan fingerprint density at radius 3 is 2.38 bits per heavy atom. The monoisotopic (exact) mass is 408 g/mol. The van der Waals surface area contributed by atoms with Crippen LogP contribution in [0.5, 0.6) is 11.5 Å². The minimum Gasteiger partial charge on any atom is -0.486 e. The van der Waals surface area contributed by atoms with Gasteiger partial charge in [-0.15, -0.1) is 0 Å². The van der Waals surface area contributed by atoms with Crippen molar-refractivity contribution in [3.05, 3.63) is 27.8 Å². The third-order valence-electron chi connectivity index (χ3n) is 4.79. The molecule has 0 unspecified atom stereocenters. The molecule has 0 saturated carbocycles. The number of nitro groups is 1. The number of likely N-dealkylation sites (tertiary alicyclic amines) is 1. The van der Waals surface area contributed by atoms with Crippen LogP contribution < -0.4 is 9.47 Å². The number of fused-ring (bicyclic) bond motifs is 1. The summed E-state index contributed by atoms with van der Waals surface area (Å²) in [5, 5.41) is 11.3. The number of carbonyl (C=O) groups is 3. The van der Waals surface area contributed by atoms with Gasteiger partial charge in [0.1, 0.15) is 18.8 Å². The average molecular weight is 408 g/mol. The SMILES string of the molecule is COC(=O)C1CCN(C(=O)COC(=O)c2cc3c(cc2[N+](=O)[O-])OCCO3)CC1. The lowest BCUT2D eigenvalue weighted by Crippen LogP contribution is -2.42. The number of rotatable bonds is 5. The minimum atomic E-state index is -1.01. The molecule has 1 aromatic carbocycles. The van der Waals surface area contributed by atoms with E-state index < -0.39 is 29.1 Å².